The average Bonchev–Trinajstić information content (AvgIpc) is 2.60. The first kappa shape index (κ1) is 15.9. The Bertz CT molecular complexity index is 715. The first-order chi connectivity index (χ1) is 10.6. The molecule has 0 aromatic heterocycles. The van der Waals surface area contributed by atoms with Gasteiger partial charge < -0.3 is 0 Å². The summed E-state index contributed by atoms with van der Waals surface area (Å²) >= 11 is 3.21. The summed E-state index contributed by atoms with van der Waals surface area (Å²) in [4.78, 5) is 12.5. The van der Waals surface area contributed by atoms with Gasteiger partial charge in [0.15, 0.2) is 5.78 Å². The monoisotopic (exact) mass is 352 g/mol. The van der Waals surface area contributed by atoms with Crippen molar-refractivity contribution < 1.29 is 4.79 Å². The molecule has 22 heavy (non-hydrogen) atoms. The molecule has 0 radical (unpaired) electrons. The van der Waals surface area contributed by atoms with Gasteiger partial charge >= 0.3 is 0 Å². The first-order valence-electron chi connectivity index (χ1n) is 6.75. The number of alkyl halides is 1. The second-order valence-electron chi connectivity index (χ2n) is 4.89. The van der Waals surface area contributed by atoms with Crippen LogP contribution in [0.3, 0.4) is 0 Å². The minimum Gasteiger partial charge on any atom is -0.294 e. The Kier molecular flexibility index (Phi) is 5.09. The van der Waals surface area contributed by atoms with Crippen LogP contribution in [0, 0.1) is 22.7 Å². The Hall–Kier alpha value is -2.43. The Balaban J connectivity index is 2.37. The lowest BCUT2D eigenvalue weighted by Gasteiger charge is -2.24. The lowest BCUT2D eigenvalue weighted by molar-refractivity contribution is 0.0972. The van der Waals surface area contributed by atoms with Crippen LogP contribution in [0.25, 0.3) is 0 Å². The Labute approximate surface area is 137 Å². The lowest BCUT2D eigenvalue weighted by Crippen LogP contribution is -2.28. The highest BCUT2D eigenvalue weighted by Gasteiger charge is 2.39. The van der Waals surface area contributed by atoms with Gasteiger partial charge in [-0.3, -0.25) is 4.79 Å². The van der Waals surface area contributed by atoms with Crippen LogP contribution in [0.2, 0.25) is 0 Å². The van der Waals surface area contributed by atoms with Gasteiger partial charge in [-0.1, -0.05) is 76.6 Å². The molecule has 0 amide bonds. The Morgan fingerprint density at radius 1 is 1.00 bits per heavy atom. The molecule has 2 aromatic rings. The summed E-state index contributed by atoms with van der Waals surface area (Å²) in [6.45, 7) is 0. The molecule has 0 spiro atoms. The zero-order valence-electron chi connectivity index (χ0n) is 11.7. The standard InChI is InChI=1S/C18H13BrN2O/c19-18(12-20,13-21)16(14-7-3-1-4-8-14)11-17(22)15-9-5-2-6-10-15/h1-10,16H,11H2. The van der Waals surface area contributed by atoms with E-state index >= 15 is 0 Å². The SMILES string of the molecule is N#CC(Br)(C#N)C(CC(=O)c1ccccc1)c1ccccc1. The third kappa shape index (κ3) is 3.42. The number of Topliss-reactive ketones (excluding diaryl/α,β-unsaturated/α-hetero) is 1. The van der Waals surface area contributed by atoms with E-state index in [1.165, 1.54) is 0 Å². The van der Waals surface area contributed by atoms with Crippen molar-refractivity contribution in [2.24, 2.45) is 0 Å². The number of nitrogens with zero attached hydrogens (tertiary/aromatic N) is 2. The van der Waals surface area contributed by atoms with Gasteiger partial charge in [-0.05, 0) is 5.56 Å². The topological polar surface area (TPSA) is 64.7 Å². The van der Waals surface area contributed by atoms with Crippen molar-refractivity contribution in [3.05, 3.63) is 71.8 Å². The van der Waals surface area contributed by atoms with Gasteiger partial charge in [0.1, 0.15) is 0 Å². The summed E-state index contributed by atoms with van der Waals surface area (Å²) in [7, 11) is 0. The van der Waals surface area contributed by atoms with E-state index in [9.17, 15) is 15.3 Å². The van der Waals surface area contributed by atoms with E-state index in [0.717, 1.165) is 5.56 Å². The molecular weight excluding hydrogens is 340 g/mol. The van der Waals surface area contributed by atoms with Crippen molar-refractivity contribution in [1.29, 1.82) is 10.5 Å². The zero-order valence-corrected chi connectivity index (χ0v) is 13.3. The van der Waals surface area contributed by atoms with Crippen LogP contribution in [0.5, 0.6) is 0 Å². The summed E-state index contributed by atoms with van der Waals surface area (Å²) in [5, 5.41) is 18.7. The van der Waals surface area contributed by atoms with Crippen LogP contribution in [-0.2, 0) is 0 Å². The molecule has 108 valence electrons. The fourth-order valence-electron chi connectivity index (χ4n) is 2.28. The van der Waals surface area contributed by atoms with Crippen molar-refractivity contribution in [3.63, 3.8) is 0 Å². The number of halogens is 1. The number of carbonyl (C=O) groups is 1. The maximum absolute atomic E-state index is 12.5. The summed E-state index contributed by atoms with van der Waals surface area (Å²) in [6.07, 6.45) is 0.0837. The zero-order chi connectivity index (χ0) is 16.0. The molecule has 0 aliphatic heterocycles. The average molecular weight is 353 g/mol. The molecule has 4 heteroatoms. The molecule has 0 saturated carbocycles. The van der Waals surface area contributed by atoms with Gasteiger partial charge in [-0.25, -0.2) is 0 Å². The molecule has 0 heterocycles. The van der Waals surface area contributed by atoms with Crippen LogP contribution < -0.4 is 0 Å². The highest BCUT2D eigenvalue weighted by Crippen LogP contribution is 2.38. The van der Waals surface area contributed by atoms with Crippen molar-refractivity contribution in [2.45, 2.75) is 16.7 Å². The van der Waals surface area contributed by atoms with Gasteiger partial charge in [-0.15, -0.1) is 0 Å². The van der Waals surface area contributed by atoms with E-state index in [2.05, 4.69) is 15.9 Å². The van der Waals surface area contributed by atoms with E-state index in [0.29, 0.717) is 5.56 Å². The van der Waals surface area contributed by atoms with Crippen molar-refractivity contribution in [3.8, 4) is 12.1 Å². The van der Waals surface area contributed by atoms with Gasteiger partial charge in [0.2, 0.25) is 4.32 Å². The van der Waals surface area contributed by atoms with Crippen LogP contribution in [-0.4, -0.2) is 10.1 Å². The Morgan fingerprint density at radius 3 is 2.00 bits per heavy atom. The smallest absolute Gasteiger partial charge is 0.204 e. The van der Waals surface area contributed by atoms with E-state index in [-0.39, 0.29) is 12.2 Å². The van der Waals surface area contributed by atoms with Crippen LogP contribution >= 0.6 is 15.9 Å². The molecule has 2 rings (SSSR count). The van der Waals surface area contributed by atoms with E-state index in [1.807, 2.05) is 48.5 Å². The van der Waals surface area contributed by atoms with Crippen molar-refractivity contribution in [2.75, 3.05) is 0 Å². The summed E-state index contributed by atoms with van der Waals surface area (Å²) in [5.41, 5.74) is 1.36. The highest BCUT2D eigenvalue weighted by molar-refractivity contribution is 9.10. The third-order valence-corrected chi connectivity index (χ3v) is 4.40. The summed E-state index contributed by atoms with van der Waals surface area (Å²) < 4.78 is -1.43. The van der Waals surface area contributed by atoms with Gasteiger partial charge in [0.05, 0.1) is 12.1 Å². The second-order valence-corrected chi connectivity index (χ2v) is 6.14. The van der Waals surface area contributed by atoms with E-state index in [4.69, 9.17) is 0 Å². The number of benzene rings is 2. The molecular formula is C18H13BrN2O. The largest absolute Gasteiger partial charge is 0.294 e. The minimum absolute atomic E-state index is 0.0837. The van der Waals surface area contributed by atoms with Crippen LogP contribution in [0.4, 0.5) is 0 Å². The number of hydrogen-bond donors (Lipinski definition) is 0. The molecule has 0 aliphatic rings. The maximum Gasteiger partial charge on any atom is 0.204 e. The first-order valence-corrected chi connectivity index (χ1v) is 7.54. The molecule has 2 aromatic carbocycles. The predicted molar refractivity (Wildman–Crippen MR) is 87.5 cm³/mol. The highest BCUT2D eigenvalue weighted by atomic mass is 79.9. The maximum atomic E-state index is 12.5. The van der Waals surface area contributed by atoms with E-state index < -0.39 is 10.2 Å². The summed E-state index contributed by atoms with van der Waals surface area (Å²) in [6, 6.07) is 22.0. The van der Waals surface area contributed by atoms with Gasteiger partial charge in [0.25, 0.3) is 0 Å². The van der Waals surface area contributed by atoms with E-state index in [1.54, 1.807) is 24.3 Å². The lowest BCUT2D eigenvalue weighted by atomic mass is 9.82. The number of nitriles is 2. The molecule has 0 bridgehead atoms. The molecule has 0 saturated heterocycles. The number of hydrogen-bond acceptors (Lipinski definition) is 3. The quantitative estimate of drug-likeness (QED) is 0.597. The normalized spacial score (nSPS) is 12.0. The molecule has 0 N–H and O–H groups in total. The number of rotatable bonds is 5. The second kappa shape index (κ2) is 7.02. The number of carbonyl (C=O) groups excluding carboxylic acids is 1. The van der Waals surface area contributed by atoms with Crippen molar-refractivity contribution in [1.82, 2.24) is 0 Å². The molecule has 1 atom stereocenters. The number of ketones is 1. The minimum atomic E-state index is -1.43. The van der Waals surface area contributed by atoms with Crippen LogP contribution in [0.15, 0.2) is 60.7 Å². The van der Waals surface area contributed by atoms with Gasteiger partial charge in [-0.2, -0.15) is 10.5 Å². The van der Waals surface area contributed by atoms with Gasteiger partial charge in [0, 0.05) is 17.9 Å². The van der Waals surface area contributed by atoms with Crippen molar-refractivity contribution >= 4 is 21.7 Å². The molecule has 3 nitrogen and oxygen atoms in total. The van der Waals surface area contributed by atoms with Crippen LogP contribution in [0.1, 0.15) is 28.3 Å². The Morgan fingerprint density at radius 2 is 1.50 bits per heavy atom. The predicted octanol–water partition coefficient (Wildman–Crippen LogP) is 4.22. The third-order valence-electron chi connectivity index (χ3n) is 3.49. The molecule has 0 aliphatic carbocycles. The molecule has 0 fully saturated rings. The fraction of sp³-hybridized carbons (Fsp3) is 0.167. The molecule has 1 unspecified atom stereocenters. The fourth-order valence-corrected chi connectivity index (χ4v) is 2.71. The summed E-state index contributed by atoms with van der Waals surface area (Å²) in [5.74, 6) is -0.639.